The third-order valence-corrected chi connectivity index (χ3v) is 4.38. The molecule has 2 rings (SSSR count). The molecule has 18 heavy (non-hydrogen) atoms. The molecule has 0 aliphatic carbocycles. The molecule has 1 nitrogen and oxygen atoms in total. The van der Waals surface area contributed by atoms with Gasteiger partial charge < -0.3 is 5.32 Å². The van der Waals surface area contributed by atoms with Gasteiger partial charge in [-0.25, -0.2) is 0 Å². The minimum atomic E-state index is 0.394. The van der Waals surface area contributed by atoms with Gasteiger partial charge in [-0.1, -0.05) is 49.4 Å². The summed E-state index contributed by atoms with van der Waals surface area (Å²) in [6.07, 6.45) is 2.16. The Morgan fingerprint density at radius 1 is 1.06 bits per heavy atom. The molecule has 0 fully saturated rings. The fourth-order valence-electron chi connectivity index (χ4n) is 2.16. The SMILES string of the molecule is CSC(C)CNC(C)c1cccc2ccccc12. The molecule has 0 amide bonds. The van der Waals surface area contributed by atoms with E-state index in [1.807, 2.05) is 11.8 Å². The standard InChI is InChI=1S/C16H21NS/c1-12(18-3)11-17-13(2)15-10-6-8-14-7-4-5-9-16(14)15/h4-10,12-13,17H,11H2,1-3H3. The molecule has 0 saturated carbocycles. The van der Waals surface area contributed by atoms with Crippen molar-refractivity contribution in [3.8, 4) is 0 Å². The first-order chi connectivity index (χ1) is 8.72. The van der Waals surface area contributed by atoms with E-state index in [2.05, 4.69) is 67.9 Å². The van der Waals surface area contributed by atoms with E-state index in [0.29, 0.717) is 11.3 Å². The molecule has 2 atom stereocenters. The molecule has 0 heterocycles. The van der Waals surface area contributed by atoms with Crippen molar-refractivity contribution in [3.63, 3.8) is 0 Å². The van der Waals surface area contributed by atoms with Crippen LogP contribution in [0.1, 0.15) is 25.5 Å². The normalized spacial score (nSPS) is 14.6. The maximum atomic E-state index is 3.62. The monoisotopic (exact) mass is 259 g/mol. The first-order valence-electron chi connectivity index (χ1n) is 6.46. The van der Waals surface area contributed by atoms with Crippen LogP contribution in [0, 0.1) is 0 Å². The van der Waals surface area contributed by atoms with Crippen molar-refractivity contribution in [2.24, 2.45) is 0 Å². The van der Waals surface area contributed by atoms with Crippen molar-refractivity contribution >= 4 is 22.5 Å². The number of thioether (sulfide) groups is 1. The predicted molar refractivity (Wildman–Crippen MR) is 83.3 cm³/mol. The summed E-state index contributed by atoms with van der Waals surface area (Å²) in [5.41, 5.74) is 1.39. The Kier molecular flexibility index (Phi) is 4.67. The minimum absolute atomic E-state index is 0.394. The lowest BCUT2D eigenvalue weighted by Gasteiger charge is -2.18. The zero-order valence-electron chi connectivity index (χ0n) is 11.3. The van der Waals surface area contributed by atoms with Crippen LogP contribution < -0.4 is 5.32 Å². The zero-order chi connectivity index (χ0) is 13.0. The Morgan fingerprint density at radius 2 is 1.78 bits per heavy atom. The summed E-state index contributed by atoms with van der Waals surface area (Å²) in [7, 11) is 0. The number of nitrogens with one attached hydrogen (secondary N) is 1. The molecule has 2 aromatic rings. The second-order valence-electron chi connectivity index (χ2n) is 4.74. The molecule has 96 valence electrons. The topological polar surface area (TPSA) is 12.0 Å². The first-order valence-corrected chi connectivity index (χ1v) is 7.75. The molecular weight excluding hydrogens is 238 g/mol. The van der Waals surface area contributed by atoms with Gasteiger partial charge in [0.15, 0.2) is 0 Å². The molecule has 0 aliphatic rings. The van der Waals surface area contributed by atoms with E-state index in [1.165, 1.54) is 16.3 Å². The highest BCUT2D eigenvalue weighted by Crippen LogP contribution is 2.24. The van der Waals surface area contributed by atoms with Crippen molar-refractivity contribution in [2.75, 3.05) is 12.8 Å². The minimum Gasteiger partial charge on any atom is -0.309 e. The second kappa shape index (κ2) is 6.26. The van der Waals surface area contributed by atoms with E-state index in [4.69, 9.17) is 0 Å². The van der Waals surface area contributed by atoms with Crippen LogP contribution in [0.5, 0.6) is 0 Å². The lowest BCUT2D eigenvalue weighted by atomic mass is 10.00. The summed E-state index contributed by atoms with van der Waals surface area (Å²) in [4.78, 5) is 0. The average molecular weight is 259 g/mol. The zero-order valence-corrected chi connectivity index (χ0v) is 12.1. The molecule has 0 aliphatic heterocycles. The molecular formula is C16H21NS. The van der Waals surface area contributed by atoms with E-state index in [9.17, 15) is 0 Å². The molecule has 0 saturated heterocycles. The number of benzene rings is 2. The summed E-state index contributed by atoms with van der Waals surface area (Å²) in [5.74, 6) is 0. The first kappa shape index (κ1) is 13.4. The van der Waals surface area contributed by atoms with Crippen LogP contribution in [0.15, 0.2) is 42.5 Å². The summed E-state index contributed by atoms with van der Waals surface area (Å²) in [6.45, 7) is 5.55. The van der Waals surface area contributed by atoms with Crippen LogP contribution in [0.3, 0.4) is 0 Å². The Balaban J connectivity index is 2.19. The summed E-state index contributed by atoms with van der Waals surface area (Å²) < 4.78 is 0. The highest BCUT2D eigenvalue weighted by molar-refractivity contribution is 7.99. The van der Waals surface area contributed by atoms with Gasteiger partial charge in [0, 0.05) is 17.8 Å². The van der Waals surface area contributed by atoms with Crippen molar-refractivity contribution in [1.82, 2.24) is 5.32 Å². The van der Waals surface area contributed by atoms with Gasteiger partial charge in [-0.2, -0.15) is 11.8 Å². The van der Waals surface area contributed by atoms with Crippen LogP contribution in [-0.2, 0) is 0 Å². The van der Waals surface area contributed by atoms with E-state index in [0.717, 1.165) is 6.54 Å². The van der Waals surface area contributed by atoms with Crippen LogP contribution in [0.25, 0.3) is 10.8 Å². The molecule has 0 spiro atoms. The van der Waals surface area contributed by atoms with E-state index in [1.54, 1.807) is 0 Å². The maximum Gasteiger partial charge on any atom is 0.0298 e. The number of rotatable bonds is 5. The van der Waals surface area contributed by atoms with Crippen molar-refractivity contribution in [1.29, 1.82) is 0 Å². The molecule has 0 radical (unpaired) electrons. The van der Waals surface area contributed by atoms with E-state index >= 15 is 0 Å². The van der Waals surface area contributed by atoms with Gasteiger partial charge in [0.05, 0.1) is 0 Å². The van der Waals surface area contributed by atoms with Gasteiger partial charge in [-0.3, -0.25) is 0 Å². The van der Waals surface area contributed by atoms with Gasteiger partial charge in [0.1, 0.15) is 0 Å². The van der Waals surface area contributed by atoms with Gasteiger partial charge in [0.25, 0.3) is 0 Å². The van der Waals surface area contributed by atoms with E-state index in [-0.39, 0.29) is 0 Å². The highest BCUT2D eigenvalue weighted by atomic mass is 32.2. The molecule has 2 aromatic carbocycles. The Hall–Kier alpha value is -0.990. The number of fused-ring (bicyclic) bond motifs is 1. The molecule has 1 N–H and O–H groups in total. The number of hydrogen-bond donors (Lipinski definition) is 1. The molecule has 0 aromatic heterocycles. The molecule has 0 bridgehead atoms. The van der Waals surface area contributed by atoms with Crippen LogP contribution in [0.2, 0.25) is 0 Å². The van der Waals surface area contributed by atoms with E-state index < -0.39 is 0 Å². The lowest BCUT2D eigenvalue weighted by Crippen LogP contribution is -2.25. The Labute approximate surface area is 114 Å². The van der Waals surface area contributed by atoms with Crippen LogP contribution in [0.4, 0.5) is 0 Å². The van der Waals surface area contributed by atoms with Gasteiger partial charge in [-0.05, 0) is 29.5 Å². The highest BCUT2D eigenvalue weighted by Gasteiger charge is 2.09. The predicted octanol–water partition coefficient (Wildman–Crippen LogP) is 4.24. The summed E-state index contributed by atoms with van der Waals surface area (Å²) in [5, 5.41) is 6.95. The smallest absolute Gasteiger partial charge is 0.0298 e. The summed E-state index contributed by atoms with van der Waals surface area (Å²) in [6, 6.07) is 15.5. The average Bonchev–Trinajstić information content (AvgIpc) is 2.43. The third kappa shape index (κ3) is 3.06. The maximum absolute atomic E-state index is 3.62. The third-order valence-electron chi connectivity index (χ3n) is 3.40. The second-order valence-corrected chi connectivity index (χ2v) is 6.02. The fraction of sp³-hybridized carbons (Fsp3) is 0.375. The van der Waals surface area contributed by atoms with Crippen molar-refractivity contribution in [3.05, 3.63) is 48.0 Å². The number of hydrogen-bond acceptors (Lipinski definition) is 2. The van der Waals surface area contributed by atoms with Gasteiger partial charge in [0.2, 0.25) is 0 Å². The van der Waals surface area contributed by atoms with Crippen molar-refractivity contribution in [2.45, 2.75) is 25.1 Å². The van der Waals surface area contributed by atoms with Crippen LogP contribution in [-0.4, -0.2) is 18.1 Å². The lowest BCUT2D eigenvalue weighted by molar-refractivity contribution is 0.579. The van der Waals surface area contributed by atoms with Crippen LogP contribution >= 0.6 is 11.8 Å². The molecule has 2 unspecified atom stereocenters. The van der Waals surface area contributed by atoms with Crippen molar-refractivity contribution < 1.29 is 0 Å². The largest absolute Gasteiger partial charge is 0.309 e. The fourth-order valence-corrected chi connectivity index (χ4v) is 2.43. The van der Waals surface area contributed by atoms with Gasteiger partial charge >= 0.3 is 0 Å². The quantitative estimate of drug-likeness (QED) is 0.862. The van der Waals surface area contributed by atoms with Gasteiger partial charge in [-0.15, -0.1) is 0 Å². The summed E-state index contributed by atoms with van der Waals surface area (Å²) >= 11 is 1.90. The Morgan fingerprint density at radius 3 is 2.56 bits per heavy atom. The molecule has 2 heteroatoms. The Bertz CT molecular complexity index is 504.